The van der Waals surface area contributed by atoms with Gasteiger partial charge < -0.3 is 5.32 Å². The van der Waals surface area contributed by atoms with Crippen molar-refractivity contribution < 1.29 is 17.6 Å². The van der Waals surface area contributed by atoms with E-state index in [1.807, 2.05) is 37.3 Å². The first-order valence-corrected chi connectivity index (χ1v) is 7.00. The average molecular weight is 311 g/mol. The molecule has 0 saturated heterocycles. The number of hydrogen-bond acceptors (Lipinski definition) is 1. The van der Waals surface area contributed by atoms with E-state index in [0.29, 0.717) is 6.54 Å². The molecule has 22 heavy (non-hydrogen) atoms. The maximum atomic E-state index is 13.9. The van der Waals surface area contributed by atoms with Crippen molar-refractivity contribution in [1.29, 1.82) is 0 Å². The third-order valence-corrected chi connectivity index (χ3v) is 3.52. The molecule has 1 unspecified atom stereocenters. The molecular weight excluding hydrogens is 294 g/mol. The standard InChI is InChI=1S/C17H17F4N/c1-12(13-6-3-2-4-7-13)10-22-11-14-8-5-9-15(16(14)18)17(19,20)21/h2-9,12,22H,10-11H2,1H3. The van der Waals surface area contributed by atoms with Crippen molar-refractivity contribution >= 4 is 0 Å². The second kappa shape index (κ2) is 6.92. The lowest BCUT2D eigenvalue weighted by Crippen LogP contribution is -2.21. The lowest BCUT2D eigenvalue weighted by molar-refractivity contribution is -0.140. The van der Waals surface area contributed by atoms with Crippen LogP contribution in [0.5, 0.6) is 0 Å². The number of halogens is 4. The van der Waals surface area contributed by atoms with Gasteiger partial charge in [-0.3, -0.25) is 0 Å². The Morgan fingerprint density at radius 3 is 2.32 bits per heavy atom. The van der Waals surface area contributed by atoms with E-state index in [0.717, 1.165) is 11.6 Å². The number of rotatable bonds is 5. The summed E-state index contributed by atoms with van der Waals surface area (Å²) in [7, 11) is 0. The van der Waals surface area contributed by atoms with Crippen LogP contribution in [0.1, 0.15) is 29.5 Å². The minimum absolute atomic E-state index is 0.0232. The first-order valence-electron chi connectivity index (χ1n) is 7.00. The summed E-state index contributed by atoms with van der Waals surface area (Å²) in [5.74, 6) is -1.01. The van der Waals surface area contributed by atoms with E-state index < -0.39 is 17.6 Å². The summed E-state index contributed by atoms with van der Waals surface area (Å²) in [6.45, 7) is 2.62. The largest absolute Gasteiger partial charge is 0.419 e. The van der Waals surface area contributed by atoms with Gasteiger partial charge in [0.25, 0.3) is 0 Å². The van der Waals surface area contributed by atoms with Crippen molar-refractivity contribution in [2.24, 2.45) is 0 Å². The number of nitrogens with one attached hydrogen (secondary N) is 1. The van der Waals surface area contributed by atoms with Gasteiger partial charge in [0.15, 0.2) is 0 Å². The van der Waals surface area contributed by atoms with E-state index in [4.69, 9.17) is 0 Å². The Morgan fingerprint density at radius 2 is 1.68 bits per heavy atom. The van der Waals surface area contributed by atoms with E-state index in [2.05, 4.69) is 5.32 Å². The zero-order chi connectivity index (χ0) is 16.2. The summed E-state index contributed by atoms with van der Waals surface area (Å²) in [5.41, 5.74) is -0.0718. The zero-order valence-electron chi connectivity index (χ0n) is 12.1. The molecule has 1 atom stereocenters. The zero-order valence-corrected chi connectivity index (χ0v) is 12.1. The van der Waals surface area contributed by atoms with Crippen LogP contribution >= 0.6 is 0 Å². The molecule has 1 N–H and O–H groups in total. The fourth-order valence-electron chi connectivity index (χ4n) is 2.26. The van der Waals surface area contributed by atoms with Gasteiger partial charge in [-0.25, -0.2) is 4.39 Å². The highest BCUT2D eigenvalue weighted by Gasteiger charge is 2.34. The molecule has 0 aliphatic rings. The van der Waals surface area contributed by atoms with Gasteiger partial charge >= 0.3 is 6.18 Å². The smallest absolute Gasteiger partial charge is 0.312 e. The fourth-order valence-corrected chi connectivity index (χ4v) is 2.26. The van der Waals surface area contributed by atoms with Crippen LogP contribution in [-0.2, 0) is 12.7 Å². The molecule has 1 nitrogen and oxygen atoms in total. The summed E-state index contributed by atoms with van der Waals surface area (Å²) in [5, 5.41) is 3.01. The summed E-state index contributed by atoms with van der Waals surface area (Å²) in [6, 6.07) is 13.1. The van der Waals surface area contributed by atoms with Crippen LogP contribution < -0.4 is 5.32 Å². The Labute approximate surface area is 127 Å². The third kappa shape index (κ3) is 4.07. The second-order valence-corrected chi connectivity index (χ2v) is 5.22. The Hall–Kier alpha value is -1.88. The molecule has 0 aliphatic carbocycles. The van der Waals surface area contributed by atoms with Gasteiger partial charge in [0.1, 0.15) is 5.82 Å². The first-order chi connectivity index (χ1) is 10.4. The fraction of sp³-hybridized carbons (Fsp3) is 0.294. The molecule has 5 heteroatoms. The van der Waals surface area contributed by atoms with Gasteiger partial charge in [-0.15, -0.1) is 0 Å². The van der Waals surface area contributed by atoms with Gasteiger partial charge in [-0.2, -0.15) is 13.2 Å². The van der Waals surface area contributed by atoms with Crippen LogP contribution in [0, 0.1) is 5.82 Å². The summed E-state index contributed by atoms with van der Waals surface area (Å²) < 4.78 is 51.8. The van der Waals surface area contributed by atoms with Crippen LogP contribution in [0.15, 0.2) is 48.5 Å². The van der Waals surface area contributed by atoms with Gasteiger partial charge in [0.2, 0.25) is 0 Å². The molecular formula is C17H17F4N. The molecule has 0 amide bonds. The van der Waals surface area contributed by atoms with Crippen molar-refractivity contribution in [2.45, 2.75) is 25.6 Å². The van der Waals surface area contributed by atoms with Crippen molar-refractivity contribution in [3.8, 4) is 0 Å². The number of hydrogen-bond donors (Lipinski definition) is 1. The van der Waals surface area contributed by atoms with Crippen molar-refractivity contribution in [3.05, 3.63) is 71.0 Å². The predicted molar refractivity (Wildman–Crippen MR) is 78.0 cm³/mol. The monoisotopic (exact) mass is 311 g/mol. The quantitative estimate of drug-likeness (QED) is 0.787. The van der Waals surface area contributed by atoms with Crippen molar-refractivity contribution in [2.75, 3.05) is 6.54 Å². The highest BCUT2D eigenvalue weighted by molar-refractivity contribution is 5.28. The van der Waals surface area contributed by atoms with Gasteiger partial charge in [-0.1, -0.05) is 49.4 Å². The van der Waals surface area contributed by atoms with Gasteiger partial charge in [-0.05, 0) is 17.5 Å². The third-order valence-electron chi connectivity index (χ3n) is 3.52. The Kier molecular flexibility index (Phi) is 5.19. The molecule has 2 rings (SSSR count). The van der Waals surface area contributed by atoms with Crippen molar-refractivity contribution in [1.82, 2.24) is 5.32 Å². The van der Waals surface area contributed by atoms with Gasteiger partial charge in [0.05, 0.1) is 5.56 Å². The molecule has 2 aromatic rings. The highest BCUT2D eigenvalue weighted by atomic mass is 19.4. The predicted octanol–water partition coefficient (Wildman–Crippen LogP) is 4.74. The minimum atomic E-state index is -4.67. The first kappa shape index (κ1) is 16.5. The summed E-state index contributed by atoms with van der Waals surface area (Å²) in [6.07, 6.45) is -4.67. The second-order valence-electron chi connectivity index (χ2n) is 5.22. The lowest BCUT2D eigenvalue weighted by atomic mass is 10.0. The minimum Gasteiger partial charge on any atom is -0.312 e. The maximum Gasteiger partial charge on any atom is 0.419 e. The van der Waals surface area contributed by atoms with Crippen LogP contribution in [0.25, 0.3) is 0 Å². The molecule has 0 aromatic heterocycles. The van der Waals surface area contributed by atoms with Crippen LogP contribution in [-0.4, -0.2) is 6.54 Å². The van der Waals surface area contributed by atoms with E-state index in [9.17, 15) is 17.6 Å². The van der Waals surface area contributed by atoms with E-state index in [-0.39, 0.29) is 18.0 Å². The molecule has 2 aromatic carbocycles. The maximum absolute atomic E-state index is 13.9. The van der Waals surface area contributed by atoms with Crippen LogP contribution in [0.4, 0.5) is 17.6 Å². The molecule has 118 valence electrons. The normalized spacial score (nSPS) is 13.1. The number of benzene rings is 2. The molecule has 0 aliphatic heterocycles. The molecule has 0 saturated carbocycles. The van der Waals surface area contributed by atoms with E-state index in [1.165, 1.54) is 12.1 Å². The molecule has 0 fully saturated rings. The average Bonchev–Trinajstić information content (AvgIpc) is 2.48. The summed E-state index contributed by atoms with van der Waals surface area (Å²) >= 11 is 0. The number of alkyl halides is 3. The Morgan fingerprint density at radius 1 is 1.00 bits per heavy atom. The SMILES string of the molecule is CC(CNCc1cccc(C(F)(F)F)c1F)c1ccccc1. The van der Waals surface area contributed by atoms with E-state index in [1.54, 1.807) is 0 Å². The Bertz CT molecular complexity index is 608. The molecule has 0 bridgehead atoms. The molecule has 0 spiro atoms. The van der Waals surface area contributed by atoms with E-state index >= 15 is 0 Å². The topological polar surface area (TPSA) is 12.0 Å². The van der Waals surface area contributed by atoms with Crippen molar-refractivity contribution in [3.63, 3.8) is 0 Å². The summed E-state index contributed by atoms with van der Waals surface area (Å²) in [4.78, 5) is 0. The molecule has 0 heterocycles. The van der Waals surface area contributed by atoms with Crippen LogP contribution in [0.2, 0.25) is 0 Å². The van der Waals surface area contributed by atoms with Crippen LogP contribution in [0.3, 0.4) is 0 Å². The van der Waals surface area contributed by atoms with Gasteiger partial charge in [0, 0.05) is 18.7 Å². The highest BCUT2D eigenvalue weighted by Crippen LogP contribution is 2.32. The molecule has 0 radical (unpaired) electrons. The Balaban J connectivity index is 1.98. The lowest BCUT2D eigenvalue weighted by Gasteiger charge is -2.15.